The molecule has 2 atom stereocenters. The maximum Gasteiger partial charge on any atom is 0.0175 e. The molecule has 4 bridgehead atoms. The summed E-state index contributed by atoms with van der Waals surface area (Å²) in [6.07, 6.45) is 8.43. The second-order valence-electron chi connectivity index (χ2n) is 7.45. The normalized spacial score (nSPS) is 41.5. The average Bonchev–Trinajstić information content (AvgIpc) is 2.38. The molecular weight excluding hydrogens is 334 g/mol. The van der Waals surface area contributed by atoms with Crippen LogP contribution in [0.2, 0.25) is 0 Å². The lowest BCUT2D eigenvalue weighted by atomic mass is 9.43. The number of halogens is 2. The van der Waals surface area contributed by atoms with Gasteiger partial charge in [0.05, 0.1) is 0 Å². The summed E-state index contributed by atoms with van der Waals surface area (Å²) in [7, 11) is 0. The monoisotopic (exact) mass is 355 g/mol. The molecule has 0 amide bonds. The van der Waals surface area contributed by atoms with Crippen LogP contribution in [0.1, 0.15) is 44.1 Å². The Morgan fingerprint density at radius 3 is 2.20 bits per heavy atom. The van der Waals surface area contributed by atoms with Crippen molar-refractivity contribution in [3.8, 4) is 0 Å². The van der Waals surface area contributed by atoms with Crippen molar-refractivity contribution in [3.05, 3.63) is 34.3 Å². The van der Waals surface area contributed by atoms with E-state index in [-0.39, 0.29) is 12.4 Å². The van der Waals surface area contributed by atoms with Gasteiger partial charge in [0.25, 0.3) is 0 Å². The SMILES string of the molecule is Cl.NCC12CC3CC(C1)CC(c1ccc(Br)cc1)(C3)C2. The van der Waals surface area contributed by atoms with Gasteiger partial charge in [-0.2, -0.15) is 0 Å². The maximum atomic E-state index is 6.18. The van der Waals surface area contributed by atoms with E-state index in [1.165, 1.54) is 43.0 Å². The number of rotatable bonds is 2. The Morgan fingerprint density at radius 1 is 1.05 bits per heavy atom. The van der Waals surface area contributed by atoms with Crippen molar-refractivity contribution in [2.45, 2.75) is 43.9 Å². The Balaban J connectivity index is 0.00000121. The second kappa shape index (κ2) is 5.00. The van der Waals surface area contributed by atoms with E-state index in [4.69, 9.17) is 5.73 Å². The van der Waals surface area contributed by atoms with Gasteiger partial charge in [-0.1, -0.05) is 28.1 Å². The molecule has 110 valence electrons. The highest BCUT2D eigenvalue weighted by molar-refractivity contribution is 9.10. The van der Waals surface area contributed by atoms with Crippen molar-refractivity contribution < 1.29 is 0 Å². The van der Waals surface area contributed by atoms with Crippen LogP contribution in [0.5, 0.6) is 0 Å². The molecule has 0 saturated heterocycles. The highest BCUT2D eigenvalue weighted by Crippen LogP contribution is 2.65. The minimum absolute atomic E-state index is 0. The predicted molar refractivity (Wildman–Crippen MR) is 89.2 cm³/mol. The molecule has 0 aliphatic heterocycles. The molecule has 20 heavy (non-hydrogen) atoms. The predicted octanol–water partition coefficient (Wildman–Crippen LogP) is 4.67. The number of nitrogens with two attached hydrogens (primary N) is 1. The first kappa shape index (κ1) is 14.9. The van der Waals surface area contributed by atoms with E-state index in [9.17, 15) is 0 Å². The zero-order valence-electron chi connectivity index (χ0n) is 11.8. The summed E-state index contributed by atoms with van der Waals surface area (Å²) in [6, 6.07) is 9.12. The van der Waals surface area contributed by atoms with Crippen LogP contribution in [0.4, 0.5) is 0 Å². The molecule has 4 aliphatic rings. The molecule has 1 aromatic rings. The van der Waals surface area contributed by atoms with E-state index in [0.717, 1.165) is 18.4 Å². The second-order valence-corrected chi connectivity index (χ2v) is 8.37. The highest BCUT2D eigenvalue weighted by atomic mass is 79.9. The highest BCUT2D eigenvalue weighted by Gasteiger charge is 2.57. The molecule has 5 rings (SSSR count). The van der Waals surface area contributed by atoms with Crippen LogP contribution < -0.4 is 5.73 Å². The summed E-state index contributed by atoms with van der Waals surface area (Å²) in [5.41, 5.74) is 8.67. The van der Waals surface area contributed by atoms with Gasteiger partial charge in [0, 0.05) is 4.47 Å². The lowest BCUT2D eigenvalue weighted by molar-refractivity contribution is -0.0667. The topological polar surface area (TPSA) is 26.0 Å². The minimum Gasteiger partial charge on any atom is -0.330 e. The van der Waals surface area contributed by atoms with Gasteiger partial charge in [0.2, 0.25) is 0 Å². The summed E-state index contributed by atoms with van der Waals surface area (Å²) in [5.74, 6) is 1.88. The van der Waals surface area contributed by atoms with Crippen molar-refractivity contribution in [1.29, 1.82) is 0 Å². The lowest BCUT2D eigenvalue weighted by Crippen LogP contribution is -2.56. The molecule has 1 aromatic carbocycles. The Labute approximate surface area is 136 Å². The van der Waals surface area contributed by atoms with Gasteiger partial charge < -0.3 is 5.73 Å². The molecule has 3 heteroatoms. The average molecular weight is 357 g/mol. The van der Waals surface area contributed by atoms with Crippen molar-refractivity contribution in [3.63, 3.8) is 0 Å². The maximum absolute atomic E-state index is 6.18. The van der Waals surface area contributed by atoms with Gasteiger partial charge in [0.15, 0.2) is 0 Å². The van der Waals surface area contributed by atoms with E-state index < -0.39 is 0 Å². The largest absolute Gasteiger partial charge is 0.330 e. The standard InChI is InChI=1S/C17H22BrN.ClH/c18-15-3-1-14(2-4-15)17-8-12-5-13(9-17)7-16(6-12,10-17)11-19;/h1-4,12-13H,5-11,19H2;1H. The fourth-order valence-corrected chi connectivity index (χ4v) is 6.10. The molecule has 0 aromatic heterocycles. The number of hydrogen-bond donors (Lipinski definition) is 1. The zero-order valence-corrected chi connectivity index (χ0v) is 14.2. The third-order valence-corrected chi connectivity index (χ3v) is 6.60. The summed E-state index contributed by atoms with van der Waals surface area (Å²) >= 11 is 3.56. The first-order chi connectivity index (χ1) is 9.13. The fraction of sp³-hybridized carbons (Fsp3) is 0.647. The summed E-state index contributed by atoms with van der Waals surface area (Å²) in [5, 5.41) is 0. The minimum atomic E-state index is 0. The summed E-state index contributed by atoms with van der Waals surface area (Å²) in [4.78, 5) is 0. The van der Waals surface area contributed by atoms with Crippen LogP contribution in [0, 0.1) is 17.3 Å². The van der Waals surface area contributed by atoms with E-state index in [1.807, 2.05) is 0 Å². The van der Waals surface area contributed by atoms with Gasteiger partial charge in [0.1, 0.15) is 0 Å². The van der Waals surface area contributed by atoms with Crippen LogP contribution >= 0.6 is 28.3 Å². The van der Waals surface area contributed by atoms with E-state index in [0.29, 0.717) is 10.8 Å². The molecule has 4 saturated carbocycles. The van der Waals surface area contributed by atoms with Crippen LogP contribution in [0.15, 0.2) is 28.7 Å². The summed E-state index contributed by atoms with van der Waals surface area (Å²) in [6.45, 7) is 0.901. The van der Waals surface area contributed by atoms with Crippen LogP contribution in [-0.4, -0.2) is 6.54 Å². The molecule has 4 fully saturated rings. The van der Waals surface area contributed by atoms with Crippen molar-refractivity contribution >= 4 is 28.3 Å². The van der Waals surface area contributed by atoms with E-state index >= 15 is 0 Å². The zero-order chi connectivity index (χ0) is 13.1. The quantitative estimate of drug-likeness (QED) is 0.819. The molecule has 2 unspecified atom stereocenters. The van der Waals surface area contributed by atoms with Crippen LogP contribution in [-0.2, 0) is 5.41 Å². The summed E-state index contributed by atoms with van der Waals surface area (Å²) < 4.78 is 1.19. The van der Waals surface area contributed by atoms with Gasteiger partial charge in [-0.15, -0.1) is 12.4 Å². The van der Waals surface area contributed by atoms with Crippen LogP contribution in [0.25, 0.3) is 0 Å². The molecule has 4 aliphatic carbocycles. The van der Waals surface area contributed by atoms with Gasteiger partial charge >= 0.3 is 0 Å². The fourth-order valence-electron chi connectivity index (χ4n) is 5.83. The van der Waals surface area contributed by atoms with E-state index in [1.54, 1.807) is 5.56 Å². The van der Waals surface area contributed by atoms with Crippen molar-refractivity contribution in [2.75, 3.05) is 6.54 Å². The van der Waals surface area contributed by atoms with Gasteiger partial charge in [-0.25, -0.2) is 0 Å². The Hall–Kier alpha value is -0.0500. The Morgan fingerprint density at radius 2 is 1.65 bits per heavy atom. The third-order valence-electron chi connectivity index (χ3n) is 6.07. The molecule has 1 nitrogen and oxygen atoms in total. The van der Waals surface area contributed by atoms with Crippen LogP contribution in [0.3, 0.4) is 0 Å². The van der Waals surface area contributed by atoms with Gasteiger partial charge in [-0.3, -0.25) is 0 Å². The van der Waals surface area contributed by atoms with Crippen molar-refractivity contribution in [1.82, 2.24) is 0 Å². The molecule has 0 spiro atoms. The first-order valence-corrected chi connectivity index (χ1v) is 8.39. The van der Waals surface area contributed by atoms with E-state index in [2.05, 4.69) is 40.2 Å². The Bertz CT molecular complexity index is 484. The smallest absolute Gasteiger partial charge is 0.0175 e. The van der Waals surface area contributed by atoms with Gasteiger partial charge in [-0.05, 0) is 85.4 Å². The molecule has 2 N–H and O–H groups in total. The third kappa shape index (κ3) is 2.15. The Kier molecular flexibility index (Phi) is 3.72. The number of hydrogen-bond acceptors (Lipinski definition) is 1. The van der Waals surface area contributed by atoms with Crippen molar-refractivity contribution in [2.24, 2.45) is 23.0 Å². The lowest BCUT2D eigenvalue weighted by Gasteiger charge is -2.62. The first-order valence-electron chi connectivity index (χ1n) is 7.59. The molecule has 0 radical (unpaired) electrons. The molecular formula is C17H23BrClN. The molecule has 0 heterocycles. The number of benzene rings is 1.